The predicted octanol–water partition coefficient (Wildman–Crippen LogP) is 1.59. The first-order valence-electron chi connectivity index (χ1n) is 6.52. The molecule has 0 bridgehead atoms. The molecule has 0 unspecified atom stereocenters. The van der Waals surface area contributed by atoms with Crippen molar-refractivity contribution in [2.24, 2.45) is 11.7 Å². The Hall–Kier alpha value is -1.06. The Morgan fingerprint density at radius 3 is 2.82 bits per heavy atom. The van der Waals surface area contributed by atoms with E-state index in [9.17, 15) is 0 Å². The van der Waals surface area contributed by atoms with Crippen LogP contribution in [0.25, 0.3) is 0 Å². The van der Waals surface area contributed by atoms with Crippen LogP contribution >= 0.6 is 0 Å². The molecule has 0 spiro atoms. The van der Waals surface area contributed by atoms with Gasteiger partial charge in [0.05, 0.1) is 13.2 Å². The Bertz CT molecular complexity index is 390. The smallest absolute Gasteiger partial charge is 0.0522 e. The van der Waals surface area contributed by atoms with Crippen molar-refractivity contribution in [2.45, 2.75) is 12.3 Å². The molecular weight excluding hydrogens is 212 g/mol. The van der Waals surface area contributed by atoms with Gasteiger partial charge in [0.25, 0.3) is 0 Å². The fraction of sp³-hybridized carbons (Fsp3) is 0.571. The van der Waals surface area contributed by atoms with Crippen LogP contribution in [0.5, 0.6) is 0 Å². The van der Waals surface area contributed by atoms with Crippen molar-refractivity contribution in [3.8, 4) is 0 Å². The maximum atomic E-state index is 5.69. The lowest BCUT2D eigenvalue weighted by molar-refractivity contribution is -0.0464. The first-order valence-corrected chi connectivity index (χ1v) is 6.52. The van der Waals surface area contributed by atoms with Crippen LogP contribution in [0, 0.1) is 5.92 Å². The van der Waals surface area contributed by atoms with E-state index in [0.29, 0.717) is 5.92 Å². The van der Waals surface area contributed by atoms with E-state index in [0.717, 1.165) is 38.8 Å². The van der Waals surface area contributed by atoms with Gasteiger partial charge in [0.15, 0.2) is 0 Å². The molecule has 0 radical (unpaired) electrons. The van der Waals surface area contributed by atoms with Gasteiger partial charge in [0.2, 0.25) is 0 Å². The summed E-state index contributed by atoms with van der Waals surface area (Å²) in [6, 6.07) is 8.79. The van der Waals surface area contributed by atoms with Crippen molar-refractivity contribution < 1.29 is 4.74 Å². The van der Waals surface area contributed by atoms with Crippen molar-refractivity contribution in [2.75, 3.05) is 37.7 Å². The number of ether oxygens (including phenoxy) is 1. The molecule has 2 aliphatic heterocycles. The van der Waals surface area contributed by atoms with Gasteiger partial charge in [-0.2, -0.15) is 0 Å². The average Bonchev–Trinajstić information content (AvgIpc) is 2.30. The number of fused-ring (bicyclic) bond motifs is 1. The highest BCUT2D eigenvalue weighted by molar-refractivity contribution is 5.57. The fourth-order valence-electron chi connectivity index (χ4n) is 3.02. The van der Waals surface area contributed by atoms with Gasteiger partial charge >= 0.3 is 0 Å². The zero-order valence-corrected chi connectivity index (χ0v) is 10.1. The monoisotopic (exact) mass is 232 g/mol. The van der Waals surface area contributed by atoms with Crippen molar-refractivity contribution >= 4 is 5.69 Å². The summed E-state index contributed by atoms with van der Waals surface area (Å²) in [5.74, 6) is 1.42. The first-order chi connectivity index (χ1) is 8.40. The Balaban J connectivity index is 1.89. The van der Waals surface area contributed by atoms with E-state index < -0.39 is 0 Å². The summed E-state index contributed by atoms with van der Waals surface area (Å²) in [6.07, 6.45) is 1.24. The molecule has 3 heteroatoms. The molecule has 2 aliphatic rings. The van der Waals surface area contributed by atoms with E-state index in [1.807, 2.05) is 0 Å². The largest absolute Gasteiger partial charge is 0.381 e. The number of nitrogens with zero attached hydrogens (tertiary/aromatic N) is 1. The van der Waals surface area contributed by atoms with Gasteiger partial charge in [-0.25, -0.2) is 0 Å². The van der Waals surface area contributed by atoms with Crippen LogP contribution < -0.4 is 10.6 Å². The standard InChI is InChI=1S/C14H20N2O/c15-6-8-16-7-5-12(11-9-17-10-11)13-3-1-2-4-14(13)16/h1-4,11-12H,5-10,15H2/t12-/m1/s1. The minimum absolute atomic E-state index is 0.689. The molecule has 0 saturated carbocycles. The SMILES string of the molecule is NCCN1CC[C@H](C2COC2)c2ccccc21. The number of anilines is 1. The van der Waals surface area contributed by atoms with Crippen molar-refractivity contribution in [1.29, 1.82) is 0 Å². The minimum Gasteiger partial charge on any atom is -0.381 e. The van der Waals surface area contributed by atoms with Crippen LogP contribution in [0.1, 0.15) is 17.9 Å². The summed E-state index contributed by atoms with van der Waals surface area (Å²) < 4.78 is 5.34. The van der Waals surface area contributed by atoms with Crippen LogP contribution in [0.4, 0.5) is 5.69 Å². The Kier molecular flexibility index (Phi) is 3.04. The molecule has 0 amide bonds. The van der Waals surface area contributed by atoms with Crippen molar-refractivity contribution in [3.63, 3.8) is 0 Å². The van der Waals surface area contributed by atoms with E-state index in [1.165, 1.54) is 17.7 Å². The topological polar surface area (TPSA) is 38.5 Å². The van der Waals surface area contributed by atoms with E-state index in [2.05, 4.69) is 29.2 Å². The van der Waals surface area contributed by atoms with Crippen molar-refractivity contribution in [1.82, 2.24) is 0 Å². The number of hydrogen-bond donors (Lipinski definition) is 1. The summed E-state index contributed by atoms with van der Waals surface area (Å²) in [5, 5.41) is 0. The van der Waals surface area contributed by atoms with Gasteiger partial charge in [-0.1, -0.05) is 18.2 Å². The molecule has 17 heavy (non-hydrogen) atoms. The molecule has 2 heterocycles. The molecule has 3 nitrogen and oxygen atoms in total. The molecule has 1 fully saturated rings. The molecule has 1 saturated heterocycles. The Morgan fingerprint density at radius 2 is 2.12 bits per heavy atom. The third-order valence-electron chi connectivity index (χ3n) is 4.02. The minimum atomic E-state index is 0.689. The lowest BCUT2D eigenvalue weighted by Gasteiger charge is -2.41. The number of hydrogen-bond acceptors (Lipinski definition) is 3. The molecule has 1 aromatic rings. The number of nitrogens with two attached hydrogens (primary N) is 1. The van der Waals surface area contributed by atoms with Gasteiger partial charge in [0.1, 0.15) is 0 Å². The Labute approximate surface area is 103 Å². The number of benzene rings is 1. The molecule has 0 aromatic heterocycles. The van der Waals surface area contributed by atoms with Crippen LogP contribution in [-0.4, -0.2) is 32.8 Å². The van der Waals surface area contributed by atoms with Crippen LogP contribution in [-0.2, 0) is 4.74 Å². The summed E-state index contributed by atoms with van der Waals surface area (Å²) >= 11 is 0. The zero-order valence-electron chi connectivity index (χ0n) is 10.1. The van der Waals surface area contributed by atoms with Crippen molar-refractivity contribution in [3.05, 3.63) is 29.8 Å². The van der Waals surface area contributed by atoms with Gasteiger partial charge in [0, 0.05) is 31.2 Å². The third kappa shape index (κ3) is 1.94. The molecule has 3 rings (SSSR count). The maximum Gasteiger partial charge on any atom is 0.0522 e. The Morgan fingerprint density at radius 1 is 1.29 bits per heavy atom. The molecule has 0 aliphatic carbocycles. The van der Waals surface area contributed by atoms with Crippen LogP contribution in [0.3, 0.4) is 0 Å². The van der Waals surface area contributed by atoms with E-state index in [-0.39, 0.29) is 0 Å². The van der Waals surface area contributed by atoms with E-state index in [1.54, 1.807) is 0 Å². The van der Waals surface area contributed by atoms with Crippen LogP contribution in [0.2, 0.25) is 0 Å². The number of rotatable bonds is 3. The summed E-state index contributed by atoms with van der Waals surface area (Å²) in [4.78, 5) is 2.42. The third-order valence-corrected chi connectivity index (χ3v) is 4.02. The number of para-hydroxylation sites is 1. The molecule has 2 N–H and O–H groups in total. The lowest BCUT2D eigenvalue weighted by atomic mass is 9.79. The second kappa shape index (κ2) is 4.67. The van der Waals surface area contributed by atoms with E-state index >= 15 is 0 Å². The maximum absolute atomic E-state index is 5.69. The average molecular weight is 232 g/mol. The molecule has 1 atom stereocenters. The highest BCUT2D eigenvalue weighted by Gasteiger charge is 2.34. The zero-order chi connectivity index (χ0) is 11.7. The predicted molar refractivity (Wildman–Crippen MR) is 69.4 cm³/mol. The summed E-state index contributed by atoms with van der Waals surface area (Å²) in [6.45, 7) is 4.71. The molecule has 92 valence electrons. The normalized spacial score (nSPS) is 24.3. The van der Waals surface area contributed by atoms with E-state index in [4.69, 9.17) is 10.5 Å². The fourth-order valence-corrected chi connectivity index (χ4v) is 3.02. The van der Waals surface area contributed by atoms with Gasteiger partial charge in [-0.15, -0.1) is 0 Å². The second-order valence-corrected chi connectivity index (χ2v) is 5.03. The quantitative estimate of drug-likeness (QED) is 0.860. The van der Waals surface area contributed by atoms with Gasteiger partial charge in [-0.3, -0.25) is 0 Å². The highest BCUT2D eigenvalue weighted by atomic mass is 16.5. The van der Waals surface area contributed by atoms with Gasteiger partial charge in [-0.05, 0) is 24.0 Å². The summed E-state index contributed by atoms with van der Waals surface area (Å²) in [5.41, 5.74) is 8.58. The molecular formula is C14H20N2O. The lowest BCUT2D eigenvalue weighted by Crippen LogP contribution is -2.40. The van der Waals surface area contributed by atoms with Gasteiger partial charge < -0.3 is 15.4 Å². The van der Waals surface area contributed by atoms with Crippen LogP contribution in [0.15, 0.2) is 24.3 Å². The molecule has 1 aromatic carbocycles. The second-order valence-electron chi connectivity index (χ2n) is 5.03. The summed E-state index contributed by atoms with van der Waals surface area (Å²) in [7, 11) is 0. The highest BCUT2D eigenvalue weighted by Crippen LogP contribution is 2.41. The first kappa shape index (κ1) is 11.1.